The Balaban J connectivity index is 1.52. The molecule has 0 bridgehead atoms. The first kappa shape index (κ1) is 16.0. The molecular formula is C17H22FN3O2. The third kappa shape index (κ3) is 4.30. The zero-order valence-corrected chi connectivity index (χ0v) is 12.9. The molecule has 0 spiro atoms. The first-order chi connectivity index (χ1) is 11.2. The molecule has 1 aromatic carbocycles. The molecule has 0 unspecified atom stereocenters. The van der Waals surface area contributed by atoms with Crippen molar-refractivity contribution in [2.24, 2.45) is 5.92 Å². The van der Waals surface area contributed by atoms with Gasteiger partial charge in [-0.25, -0.2) is 4.39 Å². The second-order valence-electron chi connectivity index (χ2n) is 6.03. The molecule has 2 aromatic rings. The minimum absolute atomic E-state index is 0.134. The first-order valence-corrected chi connectivity index (χ1v) is 8.01. The summed E-state index contributed by atoms with van der Waals surface area (Å²) >= 11 is 0. The molecule has 124 valence electrons. The number of hydrogen-bond donors (Lipinski definition) is 3. The van der Waals surface area contributed by atoms with Crippen LogP contribution < -0.4 is 10.1 Å². The molecule has 1 aliphatic carbocycles. The number of H-pyrrole nitrogens is 1. The van der Waals surface area contributed by atoms with Crippen molar-refractivity contribution in [3.8, 4) is 5.75 Å². The number of aliphatic hydroxyl groups is 1. The summed E-state index contributed by atoms with van der Waals surface area (Å²) < 4.78 is 19.0. The first-order valence-electron chi connectivity index (χ1n) is 8.01. The van der Waals surface area contributed by atoms with E-state index in [2.05, 4.69) is 15.5 Å². The Hall–Kier alpha value is -1.92. The van der Waals surface area contributed by atoms with E-state index >= 15 is 0 Å². The Morgan fingerprint density at radius 3 is 3.09 bits per heavy atom. The third-order valence-corrected chi connectivity index (χ3v) is 4.30. The molecule has 3 rings (SSSR count). The van der Waals surface area contributed by atoms with Crippen molar-refractivity contribution in [3.63, 3.8) is 0 Å². The molecular weight excluding hydrogens is 297 g/mol. The molecule has 1 aliphatic rings. The van der Waals surface area contributed by atoms with Gasteiger partial charge in [-0.15, -0.1) is 0 Å². The van der Waals surface area contributed by atoms with Crippen LogP contribution in [-0.2, 0) is 6.54 Å². The maximum atomic E-state index is 13.2. The predicted octanol–water partition coefficient (Wildman–Crippen LogP) is 2.25. The van der Waals surface area contributed by atoms with E-state index in [-0.39, 0.29) is 17.8 Å². The van der Waals surface area contributed by atoms with Gasteiger partial charge in [0.2, 0.25) is 0 Å². The highest BCUT2D eigenvalue weighted by Gasteiger charge is 2.33. The van der Waals surface area contributed by atoms with Crippen LogP contribution >= 0.6 is 0 Å². The van der Waals surface area contributed by atoms with Crippen molar-refractivity contribution in [1.82, 2.24) is 15.5 Å². The number of ether oxygens (including phenoxy) is 1. The summed E-state index contributed by atoms with van der Waals surface area (Å²) in [6, 6.07) is 6.07. The Labute approximate surface area is 134 Å². The molecule has 1 fully saturated rings. The van der Waals surface area contributed by atoms with Crippen molar-refractivity contribution in [2.75, 3.05) is 6.54 Å². The van der Waals surface area contributed by atoms with E-state index in [1.807, 2.05) is 6.20 Å². The molecule has 5 nitrogen and oxygen atoms in total. The zero-order valence-electron chi connectivity index (χ0n) is 12.9. The third-order valence-electron chi connectivity index (χ3n) is 4.30. The van der Waals surface area contributed by atoms with E-state index < -0.39 is 6.10 Å². The summed E-state index contributed by atoms with van der Waals surface area (Å²) in [6.45, 7) is 1.44. The van der Waals surface area contributed by atoms with Gasteiger partial charge in [0, 0.05) is 36.8 Å². The number of hydrogen-bond acceptors (Lipinski definition) is 4. The molecule has 1 heterocycles. The summed E-state index contributed by atoms with van der Waals surface area (Å²) in [5.74, 6) is 0.279. The van der Waals surface area contributed by atoms with Crippen molar-refractivity contribution in [3.05, 3.63) is 48.0 Å². The largest absolute Gasteiger partial charge is 0.488 e. The van der Waals surface area contributed by atoms with Crippen LogP contribution in [0.4, 0.5) is 4.39 Å². The molecule has 1 aromatic heterocycles. The summed E-state index contributed by atoms with van der Waals surface area (Å²) in [5.41, 5.74) is 1.09. The number of aliphatic hydroxyl groups excluding tert-OH is 1. The van der Waals surface area contributed by atoms with Crippen LogP contribution in [0.25, 0.3) is 0 Å². The van der Waals surface area contributed by atoms with Crippen LogP contribution in [0.3, 0.4) is 0 Å². The lowest BCUT2D eigenvalue weighted by Gasteiger charge is -2.35. The molecule has 3 atom stereocenters. The summed E-state index contributed by atoms with van der Waals surface area (Å²) in [4.78, 5) is 0. The Morgan fingerprint density at radius 1 is 1.39 bits per heavy atom. The van der Waals surface area contributed by atoms with Crippen LogP contribution in [0.2, 0.25) is 0 Å². The number of aromatic amines is 1. The predicted molar refractivity (Wildman–Crippen MR) is 84.5 cm³/mol. The normalized spacial score (nSPS) is 24.5. The zero-order chi connectivity index (χ0) is 16.1. The lowest BCUT2D eigenvalue weighted by molar-refractivity contribution is -0.0307. The number of aromatic nitrogens is 2. The average Bonchev–Trinajstić information content (AvgIpc) is 3.04. The van der Waals surface area contributed by atoms with E-state index in [4.69, 9.17) is 4.74 Å². The quantitative estimate of drug-likeness (QED) is 0.764. The van der Waals surface area contributed by atoms with Gasteiger partial charge >= 0.3 is 0 Å². The van der Waals surface area contributed by atoms with Crippen molar-refractivity contribution in [2.45, 2.75) is 38.0 Å². The minimum Gasteiger partial charge on any atom is -0.488 e. The van der Waals surface area contributed by atoms with Crippen molar-refractivity contribution >= 4 is 0 Å². The van der Waals surface area contributed by atoms with Crippen molar-refractivity contribution < 1.29 is 14.2 Å². The van der Waals surface area contributed by atoms with E-state index in [0.29, 0.717) is 5.75 Å². The van der Waals surface area contributed by atoms with Crippen LogP contribution in [0.5, 0.6) is 5.75 Å². The van der Waals surface area contributed by atoms with Crippen LogP contribution in [0, 0.1) is 11.7 Å². The highest BCUT2D eigenvalue weighted by molar-refractivity contribution is 5.23. The standard InChI is InChI=1S/C17H22FN3O2/c18-14-4-2-5-15(7-14)23-16-6-1-3-13(17(16)22)11-19-8-12-9-20-21-10-12/h2,4-5,7,9-10,13,16-17,19,22H,1,3,6,8,11H2,(H,20,21)/t13-,16-,17-/m1/s1. The summed E-state index contributed by atoms with van der Waals surface area (Å²) in [7, 11) is 0. The molecule has 0 radical (unpaired) electrons. The molecule has 6 heteroatoms. The van der Waals surface area contributed by atoms with Gasteiger partial charge in [-0.05, 0) is 31.4 Å². The molecule has 0 amide bonds. The fraction of sp³-hybridized carbons (Fsp3) is 0.471. The number of nitrogens with one attached hydrogen (secondary N) is 2. The highest BCUT2D eigenvalue weighted by Crippen LogP contribution is 2.28. The van der Waals surface area contributed by atoms with Gasteiger partial charge in [0.25, 0.3) is 0 Å². The minimum atomic E-state index is -0.552. The number of nitrogens with zero attached hydrogens (tertiary/aromatic N) is 1. The van der Waals surface area contributed by atoms with Gasteiger partial charge in [0.15, 0.2) is 0 Å². The lowest BCUT2D eigenvalue weighted by atomic mass is 9.84. The molecule has 3 N–H and O–H groups in total. The van der Waals surface area contributed by atoms with Crippen molar-refractivity contribution in [1.29, 1.82) is 0 Å². The number of halogens is 1. The van der Waals surface area contributed by atoms with Gasteiger partial charge in [0.05, 0.1) is 12.3 Å². The van der Waals surface area contributed by atoms with Gasteiger partial charge in [-0.2, -0.15) is 5.10 Å². The van der Waals surface area contributed by atoms with E-state index in [0.717, 1.165) is 37.9 Å². The van der Waals surface area contributed by atoms with Crippen LogP contribution in [0.1, 0.15) is 24.8 Å². The van der Waals surface area contributed by atoms with Gasteiger partial charge in [-0.1, -0.05) is 6.07 Å². The smallest absolute Gasteiger partial charge is 0.126 e. The van der Waals surface area contributed by atoms with Gasteiger partial charge < -0.3 is 15.2 Å². The Bertz CT molecular complexity index is 606. The topological polar surface area (TPSA) is 70.2 Å². The number of rotatable bonds is 6. The molecule has 23 heavy (non-hydrogen) atoms. The van der Waals surface area contributed by atoms with Crippen LogP contribution in [-0.4, -0.2) is 34.1 Å². The Kier molecular flexibility index (Phi) is 5.25. The molecule has 1 saturated carbocycles. The maximum Gasteiger partial charge on any atom is 0.126 e. The molecule has 0 aliphatic heterocycles. The van der Waals surface area contributed by atoms with E-state index in [1.54, 1.807) is 18.3 Å². The lowest BCUT2D eigenvalue weighted by Crippen LogP contribution is -2.44. The highest BCUT2D eigenvalue weighted by atomic mass is 19.1. The summed E-state index contributed by atoms with van der Waals surface area (Å²) in [6.07, 6.45) is 5.53. The number of benzene rings is 1. The fourth-order valence-electron chi connectivity index (χ4n) is 3.07. The summed E-state index contributed by atoms with van der Waals surface area (Å²) in [5, 5.41) is 20.6. The fourth-order valence-corrected chi connectivity index (χ4v) is 3.07. The van der Waals surface area contributed by atoms with Crippen LogP contribution in [0.15, 0.2) is 36.7 Å². The second-order valence-corrected chi connectivity index (χ2v) is 6.03. The van der Waals surface area contributed by atoms with Gasteiger partial charge in [-0.3, -0.25) is 5.10 Å². The van der Waals surface area contributed by atoms with E-state index in [9.17, 15) is 9.50 Å². The second kappa shape index (κ2) is 7.57. The maximum absolute atomic E-state index is 13.2. The van der Waals surface area contributed by atoms with E-state index in [1.165, 1.54) is 12.1 Å². The monoisotopic (exact) mass is 319 g/mol. The Morgan fingerprint density at radius 2 is 2.30 bits per heavy atom. The van der Waals surface area contributed by atoms with Gasteiger partial charge in [0.1, 0.15) is 17.7 Å². The average molecular weight is 319 g/mol. The SMILES string of the molecule is O[C@@H]1[C@@H](CNCc2cn[nH]c2)CCC[C@H]1Oc1cccc(F)c1. The molecule has 0 saturated heterocycles.